The molecule has 1 aromatic heterocycles. The van der Waals surface area contributed by atoms with Gasteiger partial charge in [-0.3, -0.25) is 0 Å². The van der Waals surface area contributed by atoms with E-state index in [4.69, 9.17) is 4.42 Å². The van der Waals surface area contributed by atoms with Crippen LogP contribution in [0.1, 0.15) is 36.1 Å². The average molecular weight is 387 g/mol. The monoisotopic (exact) mass is 387 g/mol. The second kappa shape index (κ2) is 7.20. The van der Waals surface area contributed by atoms with E-state index in [1.165, 1.54) is 10.4 Å². The Morgan fingerprint density at radius 2 is 1.92 bits per heavy atom. The molecule has 1 aromatic carbocycles. The summed E-state index contributed by atoms with van der Waals surface area (Å²) in [6, 6.07) is 8.93. The summed E-state index contributed by atoms with van der Waals surface area (Å²) >= 11 is 0. The van der Waals surface area contributed by atoms with Gasteiger partial charge in [-0.15, -0.1) is 10.2 Å². The van der Waals surface area contributed by atoms with Gasteiger partial charge in [0.25, 0.3) is 0 Å². The summed E-state index contributed by atoms with van der Waals surface area (Å²) in [7, 11) is -3.70. The zero-order valence-electron chi connectivity index (χ0n) is 13.6. The molecule has 1 atom stereocenters. The number of aromatic nitrogens is 2. The SMILES string of the molecule is O=S(=O)(C=Cc1ccccc1)N1CCCC(c2nnc(C(F)(F)F)o2)C1. The van der Waals surface area contributed by atoms with Crippen LogP contribution in [0.25, 0.3) is 6.08 Å². The maximum absolute atomic E-state index is 12.6. The van der Waals surface area contributed by atoms with Crippen LogP contribution in [0.3, 0.4) is 0 Å². The van der Waals surface area contributed by atoms with Crippen molar-refractivity contribution in [2.24, 2.45) is 0 Å². The quantitative estimate of drug-likeness (QED) is 0.805. The molecule has 2 aromatic rings. The molecule has 1 saturated heterocycles. The van der Waals surface area contributed by atoms with E-state index >= 15 is 0 Å². The van der Waals surface area contributed by atoms with Gasteiger partial charge in [-0.25, -0.2) is 8.42 Å². The molecule has 1 aliphatic heterocycles. The molecule has 0 N–H and O–H groups in total. The van der Waals surface area contributed by atoms with Crippen LogP contribution >= 0.6 is 0 Å². The van der Waals surface area contributed by atoms with E-state index in [-0.39, 0.29) is 19.0 Å². The summed E-state index contributed by atoms with van der Waals surface area (Å²) in [6.45, 7) is 0.291. The fourth-order valence-corrected chi connectivity index (χ4v) is 3.98. The molecular weight excluding hydrogens is 371 g/mol. The number of rotatable bonds is 4. The number of hydrogen-bond acceptors (Lipinski definition) is 5. The summed E-state index contributed by atoms with van der Waals surface area (Å²) in [5.41, 5.74) is 0.733. The molecule has 140 valence electrons. The maximum atomic E-state index is 12.6. The zero-order valence-corrected chi connectivity index (χ0v) is 14.4. The Balaban J connectivity index is 1.73. The lowest BCUT2D eigenvalue weighted by Crippen LogP contribution is -2.38. The first kappa shape index (κ1) is 18.6. The van der Waals surface area contributed by atoms with Gasteiger partial charge in [0.05, 0.1) is 5.92 Å². The van der Waals surface area contributed by atoms with Crippen LogP contribution in [0.15, 0.2) is 40.2 Å². The Kier molecular flexibility index (Phi) is 5.15. The van der Waals surface area contributed by atoms with Crippen LogP contribution in [0, 0.1) is 0 Å². The van der Waals surface area contributed by atoms with Crippen LogP contribution in [-0.2, 0) is 16.2 Å². The Morgan fingerprint density at radius 1 is 1.19 bits per heavy atom. The molecule has 0 aliphatic carbocycles. The zero-order chi connectivity index (χ0) is 18.8. The lowest BCUT2D eigenvalue weighted by Gasteiger charge is -2.29. The largest absolute Gasteiger partial charge is 0.470 e. The van der Waals surface area contributed by atoms with Crippen LogP contribution in [0.5, 0.6) is 0 Å². The molecule has 1 fully saturated rings. The van der Waals surface area contributed by atoms with Crippen molar-refractivity contribution in [3.05, 3.63) is 53.1 Å². The maximum Gasteiger partial charge on any atom is 0.470 e. The number of halogens is 3. The van der Waals surface area contributed by atoms with E-state index in [0.29, 0.717) is 12.8 Å². The molecule has 1 aliphatic rings. The van der Waals surface area contributed by atoms with Gasteiger partial charge in [-0.2, -0.15) is 17.5 Å². The molecule has 0 saturated carbocycles. The average Bonchev–Trinajstić information content (AvgIpc) is 3.12. The number of sulfonamides is 1. The Bertz CT molecular complexity index is 879. The van der Waals surface area contributed by atoms with E-state index in [0.717, 1.165) is 11.0 Å². The summed E-state index contributed by atoms with van der Waals surface area (Å²) in [5, 5.41) is 7.54. The fourth-order valence-electron chi connectivity index (χ4n) is 2.70. The number of alkyl halides is 3. The van der Waals surface area contributed by atoms with Crippen LogP contribution < -0.4 is 0 Å². The lowest BCUT2D eigenvalue weighted by atomic mass is 10.00. The Morgan fingerprint density at radius 3 is 2.58 bits per heavy atom. The van der Waals surface area contributed by atoms with Gasteiger partial charge >= 0.3 is 12.1 Å². The summed E-state index contributed by atoms with van der Waals surface area (Å²) in [6.07, 6.45) is -2.27. The second-order valence-electron chi connectivity index (χ2n) is 5.90. The highest BCUT2D eigenvalue weighted by Gasteiger charge is 2.39. The molecule has 10 heteroatoms. The van der Waals surface area contributed by atoms with Gasteiger partial charge in [-0.05, 0) is 24.5 Å². The molecule has 0 amide bonds. The molecule has 0 bridgehead atoms. The minimum absolute atomic E-state index is 0.000946. The highest BCUT2D eigenvalue weighted by atomic mass is 32.2. The van der Waals surface area contributed by atoms with E-state index in [1.807, 2.05) is 6.07 Å². The fraction of sp³-hybridized carbons (Fsp3) is 0.375. The highest BCUT2D eigenvalue weighted by Crippen LogP contribution is 2.32. The number of hydrogen-bond donors (Lipinski definition) is 0. The van der Waals surface area contributed by atoms with Crippen molar-refractivity contribution in [2.45, 2.75) is 24.9 Å². The predicted molar refractivity (Wildman–Crippen MR) is 87.2 cm³/mol. The third kappa shape index (κ3) is 4.31. The number of nitrogens with zero attached hydrogens (tertiary/aromatic N) is 3. The van der Waals surface area contributed by atoms with Crippen molar-refractivity contribution < 1.29 is 26.0 Å². The molecule has 3 rings (SSSR count). The van der Waals surface area contributed by atoms with Gasteiger partial charge in [0.2, 0.25) is 15.9 Å². The summed E-state index contributed by atoms with van der Waals surface area (Å²) in [5.74, 6) is -2.17. The van der Waals surface area contributed by atoms with Crippen molar-refractivity contribution >= 4 is 16.1 Å². The van der Waals surface area contributed by atoms with Crippen LogP contribution in [0.2, 0.25) is 0 Å². The smallest absolute Gasteiger partial charge is 0.417 e. The number of piperidine rings is 1. The van der Waals surface area contributed by atoms with Crippen molar-refractivity contribution in [3.63, 3.8) is 0 Å². The van der Waals surface area contributed by atoms with Crippen molar-refractivity contribution in [3.8, 4) is 0 Å². The Hall–Kier alpha value is -2.20. The summed E-state index contributed by atoms with van der Waals surface area (Å²) in [4.78, 5) is 0. The molecule has 0 radical (unpaired) electrons. The first-order valence-electron chi connectivity index (χ1n) is 7.89. The molecule has 26 heavy (non-hydrogen) atoms. The van der Waals surface area contributed by atoms with Gasteiger partial charge < -0.3 is 4.42 Å². The summed E-state index contributed by atoms with van der Waals surface area (Å²) < 4.78 is 68.6. The molecule has 6 nitrogen and oxygen atoms in total. The van der Waals surface area contributed by atoms with Crippen molar-refractivity contribution in [1.82, 2.24) is 14.5 Å². The van der Waals surface area contributed by atoms with E-state index in [1.54, 1.807) is 24.3 Å². The normalized spacial score (nSPS) is 19.9. The number of benzene rings is 1. The topological polar surface area (TPSA) is 76.3 Å². The lowest BCUT2D eigenvalue weighted by molar-refractivity contribution is -0.157. The predicted octanol–water partition coefficient (Wildman–Crippen LogP) is 3.27. The third-order valence-corrected chi connectivity index (χ3v) is 5.54. The van der Waals surface area contributed by atoms with Gasteiger partial charge in [0.15, 0.2) is 0 Å². The second-order valence-corrected chi connectivity index (χ2v) is 7.72. The molecule has 0 spiro atoms. The van der Waals surface area contributed by atoms with Crippen LogP contribution in [-0.4, -0.2) is 36.0 Å². The van der Waals surface area contributed by atoms with Crippen molar-refractivity contribution in [2.75, 3.05) is 13.1 Å². The molecular formula is C16H16F3N3O3S. The van der Waals surface area contributed by atoms with Gasteiger partial charge in [-0.1, -0.05) is 30.3 Å². The molecule has 1 unspecified atom stereocenters. The Labute approximate surface area is 148 Å². The molecule has 2 heterocycles. The van der Waals surface area contributed by atoms with Gasteiger partial charge in [0.1, 0.15) is 0 Å². The standard InChI is InChI=1S/C16H16F3N3O3S/c17-16(18,19)15-21-20-14(25-15)13-7-4-9-22(11-13)26(23,24)10-8-12-5-2-1-3-6-12/h1-3,5-6,8,10,13H,4,7,9,11H2. The minimum Gasteiger partial charge on any atom is -0.417 e. The first-order valence-corrected chi connectivity index (χ1v) is 9.40. The first-order chi connectivity index (χ1) is 12.3. The third-order valence-electron chi connectivity index (χ3n) is 4.01. The highest BCUT2D eigenvalue weighted by molar-refractivity contribution is 7.92. The van der Waals surface area contributed by atoms with Crippen molar-refractivity contribution in [1.29, 1.82) is 0 Å². The van der Waals surface area contributed by atoms with Gasteiger partial charge in [0, 0.05) is 18.5 Å². The van der Waals surface area contributed by atoms with Crippen LogP contribution in [0.4, 0.5) is 13.2 Å². The minimum atomic E-state index is -4.72. The van der Waals surface area contributed by atoms with E-state index in [9.17, 15) is 21.6 Å². The van der Waals surface area contributed by atoms with E-state index < -0.39 is 28.0 Å². The van der Waals surface area contributed by atoms with E-state index in [2.05, 4.69) is 10.2 Å².